The largest absolute Gasteiger partial charge is 0.351 e. The van der Waals surface area contributed by atoms with E-state index in [-0.39, 0.29) is 17.9 Å². The fraction of sp³-hybridized carbons (Fsp3) is 0.231. The van der Waals surface area contributed by atoms with Gasteiger partial charge in [0.15, 0.2) is 4.96 Å². The van der Waals surface area contributed by atoms with Crippen LogP contribution in [0.15, 0.2) is 66.4 Å². The average molecular weight is 487 g/mol. The smallest absolute Gasteiger partial charge is 0.270 e. The summed E-state index contributed by atoms with van der Waals surface area (Å²) in [6.45, 7) is 2.26. The molecule has 5 rings (SSSR count). The van der Waals surface area contributed by atoms with Gasteiger partial charge in [0.25, 0.3) is 11.8 Å². The molecule has 0 saturated carbocycles. The SMILES string of the molecule is Cc1nc2sccn2c1C(=O)NCCC(Cc1ccccc1)NC(=O)c1cn(C)c2ncccc12. The summed E-state index contributed by atoms with van der Waals surface area (Å²) in [4.78, 5) is 35.8. The number of hydrogen-bond donors (Lipinski definition) is 2. The molecule has 5 aromatic rings. The van der Waals surface area contributed by atoms with E-state index in [1.807, 2.05) is 83.2 Å². The van der Waals surface area contributed by atoms with Gasteiger partial charge in [0, 0.05) is 49.0 Å². The summed E-state index contributed by atoms with van der Waals surface area (Å²) in [5.74, 6) is -0.319. The van der Waals surface area contributed by atoms with Crippen molar-refractivity contribution in [1.29, 1.82) is 0 Å². The molecule has 0 aliphatic heterocycles. The Bertz CT molecular complexity index is 1500. The molecule has 2 N–H and O–H groups in total. The number of aromatic nitrogens is 4. The first-order valence-corrected chi connectivity index (χ1v) is 12.3. The predicted octanol–water partition coefficient (Wildman–Crippen LogP) is 3.75. The van der Waals surface area contributed by atoms with Gasteiger partial charge in [-0.2, -0.15) is 0 Å². The van der Waals surface area contributed by atoms with Crippen LogP contribution in [-0.4, -0.2) is 43.3 Å². The highest BCUT2D eigenvalue weighted by Crippen LogP contribution is 2.19. The van der Waals surface area contributed by atoms with Crippen LogP contribution in [0.25, 0.3) is 16.0 Å². The zero-order valence-corrected chi connectivity index (χ0v) is 20.4. The monoisotopic (exact) mass is 486 g/mol. The first-order valence-electron chi connectivity index (χ1n) is 11.5. The third kappa shape index (κ3) is 4.67. The molecule has 0 saturated heterocycles. The highest BCUT2D eigenvalue weighted by atomic mass is 32.1. The number of thiazole rings is 1. The van der Waals surface area contributed by atoms with Gasteiger partial charge in [-0.3, -0.25) is 14.0 Å². The summed E-state index contributed by atoms with van der Waals surface area (Å²) in [6, 6.07) is 13.6. The van der Waals surface area contributed by atoms with Crippen LogP contribution in [0.2, 0.25) is 0 Å². The lowest BCUT2D eigenvalue weighted by Crippen LogP contribution is -2.39. The Hall–Kier alpha value is -3.98. The van der Waals surface area contributed by atoms with Gasteiger partial charge in [-0.05, 0) is 37.5 Å². The van der Waals surface area contributed by atoms with E-state index in [0.717, 1.165) is 21.6 Å². The van der Waals surface area contributed by atoms with Crippen LogP contribution < -0.4 is 10.6 Å². The predicted molar refractivity (Wildman–Crippen MR) is 137 cm³/mol. The first kappa shape index (κ1) is 22.8. The number of pyridine rings is 1. The Balaban J connectivity index is 1.30. The zero-order chi connectivity index (χ0) is 24.4. The number of rotatable bonds is 8. The maximum absolute atomic E-state index is 13.3. The van der Waals surface area contributed by atoms with Crippen molar-refractivity contribution in [2.24, 2.45) is 7.05 Å². The Morgan fingerprint density at radius 3 is 2.77 bits per heavy atom. The molecule has 1 atom stereocenters. The molecule has 0 radical (unpaired) electrons. The van der Waals surface area contributed by atoms with E-state index < -0.39 is 0 Å². The van der Waals surface area contributed by atoms with Gasteiger partial charge in [-0.25, -0.2) is 9.97 Å². The minimum Gasteiger partial charge on any atom is -0.351 e. The summed E-state index contributed by atoms with van der Waals surface area (Å²) >= 11 is 1.50. The third-order valence-corrected chi connectivity index (χ3v) is 6.82. The molecule has 4 aromatic heterocycles. The van der Waals surface area contributed by atoms with Gasteiger partial charge in [0.05, 0.1) is 11.3 Å². The van der Waals surface area contributed by atoms with Crippen molar-refractivity contribution in [3.05, 3.63) is 88.9 Å². The maximum Gasteiger partial charge on any atom is 0.270 e. The van der Waals surface area contributed by atoms with Crippen molar-refractivity contribution >= 4 is 39.1 Å². The van der Waals surface area contributed by atoms with Gasteiger partial charge in [-0.1, -0.05) is 30.3 Å². The number of carbonyl (C=O) groups excluding carboxylic acids is 2. The molecule has 0 spiro atoms. The fourth-order valence-corrected chi connectivity index (χ4v) is 5.15. The second-order valence-electron chi connectivity index (χ2n) is 8.53. The molecule has 9 heteroatoms. The van der Waals surface area contributed by atoms with Crippen LogP contribution in [0.1, 0.15) is 38.5 Å². The standard InChI is InChI=1S/C26H26N6O2S/c1-17-22(32-13-14-35-26(32)29-17)25(34)28-12-10-19(15-18-7-4-3-5-8-18)30-24(33)21-16-31(2)23-20(21)9-6-11-27-23/h3-9,11,13-14,16,19H,10,12,15H2,1-2H3,(H,28,34)(H,30,33). The second kappa shape index (κ2) is 9.71. The number of imidazole rings is 1. The van der Waals surface area contributed by atoms with E-state index in [1.165, 1.54) is 11.3 Å². The van der Waals surface area contributed by atoms with E-state index in [0.29, 0.717) is 36.3 Å². The average Bonchev–Trinajstić information content (AvgIpc) is 3.52. The van der Waals surface area contributed by atoms with Crippen LogP contribution in [0, 0.1) is 6.92 Å². The highest BCUT2D eigenvalue weighted by molar-refractivity contribution is 7.15. The minimum atomic E-state index is -0.168. The molecule has 8 nitrogen and oxygen atoms in total. The highest BCUT2D eigenvalue weighted by Gasteiger charge is 2.21. The Labute approximate surface area is 206 Å². The molecule has 0 bridgehead atoms. The molecule has 1 aromatic carbocycles. The number of nitrogens with zero attached hydrogens (tertiary/aromatic N) is 4. The van der Waals surface area contributed by atoms with Gasteiger partial charge in [0.1, 0.15) is 11.3 Å². The summed E-state index contributed by atoms with van der Waals surface area (Å²) in [6.07, 6.45) is 6.62. The molecule has 0 aliphatic rings. The van der Waals surface area contributed by atoms with Crippen LogP contribution in [0.5, 0.6) is 0 Å². The Morgan fingerprint density at radius 2 is 1.94 bits per heavy atom. The number of benzene rings is 1. The van der Waals surface area contributed by atoms with Crippen molar-refractivity contribution in [2.45, 2.75) is 25.8 Å². The summed E-state index contributed by atoms with van der Waals surface area (Å²) in [7, 11) is 1.88. The summed E-state index contributed by atoms with van der Waals surface area (Å²) in [5.41, 5.74) is 3.73. The van der Waals surface area contributed by atoms with Crippen molar-refractivity contribution in [1.82, 2.24) is 29.6 Å². The van der Waals surface area contributed by atoms with Gasteiger partial charge in [0.2, 0.25) is 0 Å². The number of nitrogens with one attached hydrogen (secondary N) is 2. The van der Waals surface area contributed by atoms with Gasteiger partial charge >= 0.3 is 0 Å². The van der Waals surface area contributed by atoms with E-state index in [2.05, 4.69) is 20.6 Å². The number of amides is 2. The van der Waals surface area contributed by atoms with Crippen LogP contribution in [0.3, 0.4) is 0 Å². The fourth-order valence-electron chi connectivity index (χ4n) is 4.39. The van der Waals surface area contributed by atoms with E-state index in [4.69, 9.17) is 0 Å². The normalized spacial score (nSPS) is 12.2. The molecular formula is C26H26N6O2S. The molecule has 0 aliphatic carbocycles. The summed E-state index contributed by atoms with van der Waals surface area (Å²) < 4.78 is 3.67. The Kier molecular flexibility index (Phi) is 6.33. The quantitative estimate of drug-likeness (QED) is 0.349. The van der Waals surface area contributed by atoms with Gasteiger partial charge < -0.3 is 15.2 Å². The maximum atomic E-state index is 13.3. The van der Waals surface area contributed by atoms with Crippen molar-refractivity contribution in [2.75, 3.05) is 6.54 Å². The molecule has 178 valence electrons. The van der Waals surface area contributed by atoms with Gasteiger partial charge in [-0.15, -0.1) is 11.3 Å². The second-order valence-corrected chi connectivity index (χ2v) is 9.41. The van der Waals surface area contributed by atoms with Crippen molar-refractivity contribution < 1.29 is 9.59 Å². The Morgan fingerprint density at radius 1 is 1.11 bits per heavy atom. The molecular weight excluding hydrogens is 460 g/mol. The van der Waals surface area contributed by atoms with E-state index in [9.17, 15) is 9.59 Å². The topological polar surface area (TPSA) is 93.3 Å². The van der Waals surface area contributed by atoms with Crippen molar-refractivity contribution in [3.63, 3.8) is 0 Å². The van der Waals surface area contributed by atoms with Crippen LogP contribution in [-0.2, 0) is 13.5 Å². The molecule has 4 heterocycles. The molecule has 35 heavy (non-hydrogen) atoms. The number of carbonyl (C=O) groups is 2. The third-order valence-electron chi connectivity index (χ3n) is 6.07. The first-order chi connectivity index (χ1) is 17.0. The molecule has 1 unspecified atom stereocenters. The van der Waals surface area contributed by atoms with Crippen molar-refractivity contribution in [3.8, 4) is 0 Å². The lowest BCUT2D eigenvalue weighted by molar-refractivity contribution is 0.0934. The van der Waals surface area contributed by atoms with E-state index in [1.54, 1.807) is 6.20 Å². The lowest BCUT2D eigenvalue weighted by Gasteiger charge is -2.19. The minimum absolute atomic E-state index is 0.150. The number of fused-ring (bicyclic) bond motifs is 2. The number of aryl methyl sites for hydroxylation is 2. The zero-order valence-electron chi connectivity index (χ0n) is 19.6. The molecule has 0 fully saturated rings. The molecule has 2 amide bonds. The summed E-state index contributed by atoms with van der Waals surface area (Å²) in [5, 5.41) is 8.92. The van der Waals surface area contributed by atoms with Crippen LogP contribution in [0.4, 0.5) is 0 Å². The lowest BCUT2D eigenvalue weighted by atomic mass is 10.0. The number of hydrogen-bond acceptors (Lipinski definition) is 5. The van der Waals surface area contributed by atoms with E-state index >= 15 is 0 Å². The van der Waals surface area contributed by atoms with Crippen LogP contribution >= 0.6 is 11.3 Å².